The zero-order valence-electron chi connectivity index (χ0n) is 7.95. The third-order valence-electron chi connectivity index (χ3n) is 2.29. The Labute approximate surface area is 98.1 Å². The molecule has 0 radical (unpaired) electrons. The molecule has 2 heterocycles. The Morgan fingerprint density at radius 2 is 2.31 bits per heavy atom. The van der Waals surface area contributed by atoms with Crippen LogP contribution >= 0.6 is 47.0 Å². The van der Waals surface area contributed by atoms with Crippen molar-refractivity contribution in [2.75, 3.05) is 28.8 Å². The van der Waals surface area contributed by atoms with Gasteiger partial charge in [0.1, 0.15) is 0 Å². The van der Waals surface area contributed by atoms with Gasteiger partial charge >= 0.3 is 0 Å². The molecule has 0 aromatic heterocycles. The standard InChI is InChI=1S/C9H16S4/c1-2-3-12-9(7-13-9)8-6-10-4-5-11-8/h8H,2-7H2,1H3. The van der Waals surface area contributed by atoms with Crippen LogP contribution in [0.15, 0.2) is 0 Å². The molecule has 2 rings (SSSR count). The van der Waals surface area contributed by atoms with Gasteiger partial charge < -0.3 is 0 Å². The van der Waals surface area contributed by atoms with Crippen LogP contribution in [0.4, 0.5) is 0 Å². The van der Waals surface area contributed by atoms with E-state index in [-0.39, 0.29) is 0 Å². The normalized spacial score (nSPS) is 39.0. The molecule has 0 spiro atoms. The summed E-state index contributed by atoms with van der Waals surface area (Å²) in [7, 11) is 0. The summed E-state index contributed by atoms with van der Waals surface area (Å²) in [5.74, 6) is 6.92. The molecule has 0 aromatic carbocycles. The van der Waals surface area contributed by atoms with Crippen LogP contribution in [0, 0.1) is 0 Å². The zero-order valence-corrected chi connectivity index (χ0v) is 11.2. The summed E-state index contributed by atoms with van der Waals surface area (Å²) in [4.78, 5) is 0. The van der Waals surface area contributed by atoms with Crippen molar-refractivity contribution in [3.63, 3.8) is 0 Å². The second-order valence-electron chi connectivity index (χ2n) is 3.38. The van der Waals surface area contributed by atoms with Crippen molar-refractivity contribution in [1.82, 2.24) is 0 Å². The molecular formula is C9H16S4. The van der Waals surface area contributed by atoms with Crippen LogP contribution in [0.2, 0.25) is 0 Å². The minimum atomic E-state index is 0.647. The average Bonchev–Trinajstić information content (AvgIpc) is 2.97. The maximum atomic E-state index is 2.29. The molecule has 2 atom stereocenters. The highest BCUT2D eigenvalue weighted by molar-refractivity contribution is 8.26. The number of hydrogen-bond acceptors (Lipinski definition) is 4. The Bertz CT molecular complexity index is 161. The lowest BCUT2D eigenvalue weighted by Gasteiger charge is -2.27. The molecule has 0 nitrogen and oxygen atoms in total. The van der Waals surface area contributed by atoms with E-state index in [0.717, 1.165) is 5.25 Å². The van der Waals surface area contributed by atoms with E-state index in [1.54, 1.807) is 0 Å². The Morgan fingerprint density at radius 3 is 2.85 bits per heavy atom. The van der Waals surface area contributed by atoms with Gasteiger partial charge in [0.25, 0.3) is 0 Å². The fourth-order valence-corrected chi connectivity index (χ4v) is 7.92. The summed E-state index contributed by atoms with van der Waals surface area (Å²) in [6.07, 6.45) is 1.33. The molecule has 76 valence electrons. The summed E-state index contributed by atoms with van der Waals surface area (Å²) in [5, 5.41) is 0.938. The Kier molecular flexibility index (Phi) is 4.15. The topological polar surface area (TPSA) is 0 Å². The summed E-state index contributed by atoms with van der Waals surface area (Å²) >= 11 is 8.79. The molecule has 0 aliphatic carbocycles. The van der Waals surface area contributed by atoms with E-state index < -0.39 is 0 Å². The highest BCUT2D eigenvalue weighted by Gasteiger charge is 2.51. The van der Waals surface area contributed by atoms with E-state index in [4.69, 9.17) is 0 Å². The van der Waals surface area contributed by atoms with Crippen molar-refractivity contribution < 1.29 is 0 Å². The van der Waals surface area contributed by atoms with Crippen LogP contribution in [0.25, 0.3) is 0 Å². The van der Waals surface area contributed by atoms with E-state index >= 15 is 0 Å². The lowest BCUT2D eigenvalue weighted by molar-refractivity contribution is 0.945. The van der Waals surface area contributed by atoms with Gasteiger partial charge in [-0.25, -0.2) is 0 Å². The van der Waals surface area contributed by atoms with Crippen LogP contribution in [0.5, 0.6) is 0 Å². The third-order valence-corrected chi connectivity index (χ3v) is 9.12. The van der Waals surface area contributed by atoms with Crippen molar-refractivity contribution in [2.24, 2.45) is 0 Å². The lowest BCUT2D eigenvalue weighted by Crippen LogP contribution is -2.28. The smallest absolute Gasteiger partial charge is 0.0828 e. The first-order valence-corrected chi connectivity index (χ1v) is 9.02. The van der Waals surface area contributed by atoms with E-state index in [0.29, 0.717) is 4.08 Å². The van der Waals surface area contributed by atoms with Gasteiger partial charge in [-0.05, 0) is 12.2 Å². The predicted octanol–water partition coefficient (Wildman–Crippen LogP) is 3.42. The molecule has 2 unspecified atom stereocenters. The second kappa shape index (κ2) is 4.95. The highest BCUT2D eigenvalue weighted by atomic mass is 32.2. The molecule has 4 heteroatoms. The van der Waals surface area contributed by atoms with Crippen molar-refractivity contribution in [3.8, 4) is 0 Å². The van der Waals surface area contributed by atoms with E-state index in [1.807, 2.05) is 0 Å². The first kappa shape index (κ1) is 10.9. The van der Waals surface area contributed by atoms with Gasteiger partial charge in [-0.1, -0.05) is 6.92 Å². The molecule has 2 aliphatic rings. The van der Waals surface area contributed by atoms with Crippen molar-refractivity contribution in [2.45, 2.75) is 22.7 Å². The molecule has 0 N–H and O–H groups in total. The van der Waals surface area contributed by atoms with Gasteiger partial charge in [0.15, 0.2) is 0 Å². The molecular weight excluding hydrogens is 236 g/mol. The molecule has 0 aromatic rings. The van der Waals surface area contributed by atoms with Crippen LogP contribution in [-0.2, 0) is 0 Å². The molecule has 2 saturated heterocycles. The highest BCUT2D eigenvalue weighted by Crippen LogP contribution is 2.60. The van der Waals surface area contributed by atoms with Gasteiger partial charge in [-0.3, -0.25) is 0 Å². The fraction of sp³-hybridized carbons (Fsp3) is 1.00. The van der Waals surface area contributed by atoms with Gasteiger partial charge in [0.05, 0.1) is 4.08 Å². The van der Waals surface area contributed by atoms with Crippen LogP contribution < -0.4 is 0 Å². The van der Waals surface area contributed by atoms with Crippen molar-refractivity contribution in [3.05, 3.63) is 0 Å². The number of thioether (sulfide) groups is 4. The summed E-state index contributed by atoms with van der Waals surface area (Å²) in [5.41, 5.74) is 0. The molecule has 2 fully saturated rings. The quantitative estimate of drug-likeness (QED) is 0.703. The minimum absolute atomic E-state index is 0.647. The second-order valence-corrected chi connectivity index (χ2v) is 8.83. The Hall–Kier alpha value is 1.40. The number of hydrogen-bond donors (Lipinski definition) is 0. The maximum absolute atomic E-state index is 2.29. The van der Waals surface area contributed by atoms with E-state index in [9.17, 15) is 0 Å². The van der Waals surface area contributed by atoms with Crippen LogP contribution in [-0.4, -0.2) is 38.1 Å². The largest absolute Gasteiger partial charge is 0.160 e. The molecule has 0 saturated carbocycles. The maximum Gasteiger partial charge on any atom is 0.0828 e. The van der Waals surface area contributed by atoms with E-state index in [2.05, 4.69) is 54.0 Å². The Morgan fingerprint density at radius 1 is 1.46 bits per heavy atom. The predicted molar refractivity (Wildman–Crippen MR) is 71.5 cm³/mol. The van der Waals surface area contributed by atoms with Crippen LogP contribution in [0.3, 0.4) is 0 Å². The lowest BCUT2D eigenvalue weighted by atomic mass is 10.3. The first-order valence-electron chi connectivity index (χ1n) is 4.84. The monoisotopic (exact) mass is 252 g/mol. The SMILES string of the molecule is CCCSC1(C2CSCCS2)CS1. The summed E-state index contributed by atoms with van der Waals surface area (Å²) < 4.78 is 0.647. The van der Waals surface area contributed by atoms with Crippen molar-refractivity contribution in [1.29, 1.82) is 0 Å². The van der Waals surface area contributed by atoms with Gasteiger partial charge in [0.2, 0.25) is 0 Å². The number of rotatable bonds is 4. The summed E-state index contributed by atoms with van der Waals surface area (Å²) in [6.45, 7) is 2.29. The zero-order chi connectivity index (χ0) is 9.15. The third kappa shape index (κ3) is 2.70. The average molecular weight is 252 g/mol. The molecule has 0 bridgehead atoms. The van der Waals surface area contributed by atoms with Gasteiger partial charge in [0, 0.05) is 28.3 Å². The minimum Gasteiger partial charge on any atom is -0.160 e. The summed E-state index contributed by atoms with van der Waals surface area (Å²) in [6, 6.07) is 0. The van der Waals surface area contributed by atoms with E-state index in [1.165, 1.54) is 35.2 Å². The molecule has 2 aliphatic heterocycles. The Balaban J connectivity index is 1.82. The fourth-order valence-electron chi connectivity index (χ4n) is 1.45. The first-order chi connectivity index (χ1) is 6.37. The van der Waals surface area contributed by atoms with Crippen molar-refractivity contribution >= 4 is 47.0 Å². The van der Waals surface area contributed by atoms with Gasteiger partial charge in [-0.2, -0.15) is 23.5 Å². The molecule has 0 amide bonds. The molecule has 13 heavy (non-hydrogen) atoms. The van der Waals surface area contributed by atoms with Crippen LogP contribution in [0.1, 0.15) is 13.3 Å². The van der Waals surface area contributed by atoms with Gasteiger partial charge in [-0.15, -0.1) is 23.5 Å².